The van der Waals surface area contributed by atoms with Gasteiger partial charge in [-0.3, -0.25) is 14.9 Å². The number of benzene rings is 2. The molecule has 0 aliphatic carbocycles. The van der Waals surface area contributed by atoms with Crippen LogP contribution in [0.5, 0.6) is 0 Å². The lowest BCUT2D eigenvalue weighted by molar-refractivity contribution is -0.384. The van der Waals surface area contributed by atoms with E-state index in [1.165, 1.54) is 30.4 Å². The van der Waals surface area contributed by atoms with Crippen LogP contribution in [0.2, 0.25) is 0 Å². The molecule has 0 unspecified atom stereocenters. The van der Waals surface area contributed by atoms with Crippen LogP contribution in [0.4, 0.5) is 10.8 Å². The van der Waals surface area contributed by atoms with Crippen molar-refractivity contribution in [3.05, 3.63) is 80.3 Å². The summed E-state index contributed by atoms with van der Waals surface area (Å²) >= 11 is 1.34. The summed E-state index contributed by atoms with van der Waals surface area (Å²) in [5, 5.41) is 14.0. The minimum absolute atomic E-state index is 0.0120. The van der Waals surface area contributed by atoms with Crippen LogP contribution >= 0.6 is 11.3 Å². The highest BCUT2D eigenvalue weighted by Gasteiger charge is 2.14. The second kappa shape index (κ2) is 9.84. The number of hydrogen-bond donors (Lipinski definition) is 1. The monoisotopic (exact) mass is 471 g/mol. The van der Waals surface area contributed by atoms with Crippen LogP contribution in [0.15, 0.2) is 53.4 Å². The average molecular weight is 472 g/mol. The predicted molar refractivity (Wildman–Crippen MR) is 125 cm³/mol. The number of amides is 1. The molecule has 3 rings (SSSR count). The molecule has 0 aliphatic rings. The van der Waals surface area contributed by atoms with Gasteiger partial charge in [-0.2, -0.15) is 0 Å². The summed E-state index contributed by atoms with van der Waals surface area (Å²) in [6.07, 6.45) is 4.08. The van der Waals surface area contributed by atoms with Crippen LogP contribution < -0.4 is 5.32 Å². The molecule has 1 heterocycles. The first-order chi connectivity index (χ1) is 15.2. The molecular formula is C22H21N3O5S2. The molecule has 0 saturated heterocycles. The summed E-state index contributed by atoms with van der Waals surface area (Å²) in [4.78, 5) is 27.4. The van der Waals surface area contributed by atoms with Gasteiger partial charge in [0.2, 0.25) is 5.91 Å². The fraction of sp³-hybridized carbons (Fsp3) is 0.182. The van der Waals surface area contributed by atoms with Crippen molar-refractivity contribution in [2.24, 2.45) is 0 Å². The molecule has 0 spiro atoms. The summed E-state index contributed by atoms with van der Waals surface area (Å²) < 4.78 is 24.0. The molecule has 10 heteroatoms. The van der Waals surface area contributed by atoms with E-state index in [2.05, 4.69) is 10.3 Å². The highest BCUT2D eigenvalue weighted by molar-refractivity contribution is 7.91. The van der Waals surface area contributed by atoms with Gasteiger partial charge in [0.25, 0.3) is 5.69 Å². The van der Waals surface area contributed by atoms with Crippen molar-refractivity contribution in [1.29, 1.82) is 0 Å². The number of anilines is 1. The van der Waals surface area contributed by atoms with E-state index >= 15 is 0 Å². The first-order valence-corrected chi connectivity index (χ1v) is 12.2. The van der Waals surface area contributed by atoms with E-state index in [0.717, 1.165) is 16.0 Å². The molecule has 0 aliphatic heterocycles. The molecule has 1 amide bonds. The first kappa shape index (κ1) is 23.3. The van der Waals surface area contributed by atoms with E-state index in [1.54, 1.807) is 55.5 Å². The lowest BCUT2D eigenvalue weighted by atomic mass is 10.1. The van der Waals surface area contributed by atoms with Gasteiger partial charge < -0.3 is 5.32 Å². The Balaban J connectivity index is 1.87. The highest BCUT2D eigenvalue weighted by Crippen LogP contribution is 2.28. The smallest absolute Gasteiger partial charge is 0.269 e. The van der Waals surface area contributed by atoms with Crippen LogP contribution in [0, 0.1) is 10.1 Å². The number of carbonyl (C=O) groups is 1. The van der Waals surface area contributed by atoms with E-state index in [-0.39, 0.29) is 22.2 Å². The number of nitro groups is 1. The lowest BCUT2D eigenvalue weighted by Crippen LogP contribution is -2.04. The Hall–Kier alpha value is -3.37. The minimum Gasteiger partial charge on any atom is -0.302 e. The van der Waals surface area contributed by atoms with Crippen molar-refractivity contribution in [3.8, 4) is 0 Å². The number of nitrogens with one attached hydrogen (secondary N) is 1. The maximum Gasteiger partial charge on any atom is 0.269 e. The molecule has 0 saturated carbocycles. The Morgan fingerprint density at radius 2 is 1.78 bits per heavy atom. The van der Waals surface area contributed by atoms with Crippen LogP contribution in [0.3, 0.4) is 0 Å². The van der Waals surface area contributed by atoms with E-state index in [4.69, 9.17) is 0 Å². The third-order valence-electron chi connectivity index (χ3n) is 4.58. The minimum atomic E-state index is -3.26. The number of thiazole rings is 1. The van der Waals surface area contributed by atoms with Crippen LogP contribution in [-0.2, 0) is 21.1 Å². The number of nitrogens with zero attached hydrogens (tertiary/aromatic N) is 2. The Bertz CT molecular complexity index is 1260. The van der Waals surface area contributed by atoms with Gasteiger partial charge in [0.15, 0.2) is 15.0 Å². The topological polar surface area (TPSA) is 119 Å². The zero-order valence-electron chi connectivity index (χ0n) is 17.4. The van der Waals surface area contributed by atoms with Crippen molar-refractivity contribution >= 4 is 50.1 Å². The van der Waals surface area contributed by atoms with E-state index < -0.39 is 14.8 Å². The SMILES string of the molecule is CCS(=O)(=O)c1ccc(Cc2sc(NC(C)=O)nc2/C=C\c2ccc([N+](=O)[O-])cc2)cc1. The van der Waals surface area contributed by atoms with Crippen LogP contribution in [0.25, 0.3) is 12.2 Å². The Morgan fingerprint density at radius 1 is 1.12 bits per heavy atom. The second-order valence-corrected chi connectivity index (χ2v) is 10.3. The average Bonchev–Trinajstić information content (AvgIpc) is 3.13. The molecule has 0 bridgehead atoms. The van der Waals surface area contributed by atoms with Gasteiger partial charge in [-0.15, -0.1) is 11.3 Å². The third-order valence-corrected chi connectivity index (χ3v) is 7.31. The Morgan fingerprint density at radius 3 is 2.34 bits per heavy atom. The summed E-state index contributed by atoms with van der Waals surface area (Å²) in [7, 11) is -3.26. The summed E-state index contributed by atoms with van der Waals surface area (Å²) in [5.41, 5.74) is 2.34. The second-order valence-electron chi connectivity index (χ2n) is 6.91. The molecular weight excluding hydrogens is 450 g/mol. The standard InChI is InChI=1S/C22H21N3O5S2/c1-3-32(29,30)19-11-6-17(7-12-19)14-21-20(24-22(31-21)23-15(2)26)13-8-16-4-9-18(10-5-16)25(27)28/h4-13H,3,14H2,1-2H3,(H,23,24,26)/b13-8-. The molecule has 1 aromatic heterocycles. The zero-order valence-corrected chi connectivity index (χ0v) is 19.1. The molecule has 2 aromatic carbocycles. The summed E-state index contributed by atoms with van der Waals surface area (Å²) in [6, 6.07) is 12.9. The lowest BCUT2D eigenvalue weighted by Gasteiger charge is -2.04. The molecule has 0 radical (unpaired) electrons. The quantitative estimate of drug-likeness (QED) is 0.380. The fourth-order valence-corrected chi connectivity index (χ4v) is 4.79. The van der Waals surface area contributed by atoms with Gasteiger partial charge >= 0.3 is 0 Å². The number of non-ortho nitro benzene ring substituents is 1. The van der Waals surface area contributed by atoms with Crippen molar-refractivity contribution in [2.45, 2.75) is 25.2 Å². The van der Waals surface area contributed by atoms with Gasteiger partial charge in [-0.05, 0) is 41.5 Å². The van der Waals surface area contributed by atoms with Gasteiger partial charge in [-0.1, -0.05) is 25.1 Å². The first-order valence-electron chi connectivity index (χ1n) is 9.69. The molecule has 3 aromatic rings. The molecule has 0 atom stereocenters. The summed E-state index contributed by atoms with van der Waals surface area (Å²) in [6.45, 7) is 3.01. The normalized spacial score (nSPS) is 11.6. The van der Waals surface area contributed by atoms with Crippen molar-refractivity contribution in [2.75, 3.05) is 11.1 Å². The van der Waals surface area contributed by atoms with E-state index in [1.807, 2.05) is 0 Å². The van der Waals surface area contributed by atoms with Crippen molar-refractivity contribution in [3.63, 3.8) is 0 Å². The Labute approximate surface area is 189 Å². The maximum absolute atomic E-state index is 12.0. The third kappa shape index (κ3) is 5.86. The fourth-order valence-electron chi connectivity index (χ4n) is 2.87. The van der Waals surface area contributed by atoms with E-state index in [9.17, 15) is 23.3 Å². The van der Waals surface area contributed by atoms with Gasteiger partial charge in [0, 0.05) is 30.4 Å². The van der Waals surface area contributed by atoms with Gasteiger partial charge in [-0.25, -0.2) is 13.4 Å². The van der Waals surface area contributed by atoms with Crippen LogP contribution in [-0.4, -0.2) is 30.0 Å². The van der Waals surface area contributed by atoms with Crippen molar-refractivity contribution < 1.29 is 18.1 Å². The molecule has 166 valence electrons. The molecule has 1 N–H and O–H groups in total. The number of carbonyl (C=O) groups excluding carboxylic acids is 1. The largest absolute Gasteiger partial charge is 0.302 e. The van der Waals surface area contributed by atoms with E-state index in [0.29, 0.717) is 17.2 Å². The molecule has 32 heavy (non-hydrogen) atoms. The highest BCUT2D eigenvalue weighted by atomic mass is 32.2. The molecule has 8 nitrogen and oxygen atoms in total. The number of hydrogen-bond acceptors (Lipinski definition) is 7. The predicted octanol–water partition coefficient (Wildman–Crippen LogP) is 4.56. The van der Waals surface area contributed by atoms with Crippen LogP contribution in [0.1, 0.15) is 35.5 Å². The number of sulfone groups is 1. The van der Waals surface area contributed by atoms with Gasteiger partial charge in [0.1, 0.15) is 0 Å². The zero-order chi connectivity index (χ0) is 23.3. The molecule has 0 fully saturated rings. The number of rotatable bonds is 8. The van der Waals surface area contributed by atoms with Crippen molar-refractivity contribution in [1.82, 2.24) is 4.98 Å². The summed E-state index contributed by atoms with van der Waals surface area (Å²) in [5.74, 6) is -0.191. The maximum atomic E-state index is 12.0. The van der Waals surface area contributed by atoms with Gasteiger partial charge in [0.05, 0.1) is 21.3 Å². The number of nitro benzene ring substituents is 1. The number of aromatic nitrogens is 1. The Kier molecular flexibility index (Phi) is 7.16.